The van der Waals surface area contributed by atoms with Gasteiger partial charge in [0.2, 0.25) is 6.08 Å². The summed E-state index contributed by atoms with van der Waals surface area (Å²) < 4.78 is 32.2. The van der Waals surface area contributed by atoms with Gasteiger partial charge in [0.15, 0.2) is 23.1 Å². The van der Waals surface area contributed by atoms with Crippen molar-refractivity contribution >= 4 is 6.08 Å². The summed E-state index contributed by atoms with van der Waals surface area (Å²) in [6.45, 7) is 0. The third kappa shape index (κ3) is 2.08. The number of benzene rings is 1. The van der Waals surface area contributed by atoms with Gasteiger partial charge in [-0.2, -0.15) is 4.99 Å². The molecule has 1 aromatic carbocycles. The minimum absolute atomic E-state index is 0.103. The van der Waals surface area contributed by atoms with E-state index in [-0.39, 0.29) is 11.3 Å². The molecule has 0 atom stereocenters. The summed E-state index contributed by atoms with van der Waals surface area (Å²) in [7, 11) is 1.21. The van der Waals surface area contributed by atoms with Gasteiger partial charge in [-0.3, -0.25) is 0 Å². The van der Waals surface area contributed by atoms with Gasteiger partial charge in [-0.15, -0.1) is 0 Å². The van der Waals surface area contributed by atoms with Gasteiger partial charge in [-0.1, -0.05) is 12.8 Å². The lowest BCUT2D eigenvalue weighted by atomic mass is 9.87. The molecule has 0 saturated heterocycles. The van der Waals surface area contributed by atoms with Crippen molar-refractivity contribution in [3.8, 4) is 11.5 Å². The highest BCUT2D eigenvalue weighted by Crippen LogP contribution is 2.50. The average Bonchev–Trinajstić information content (AvgIpc) is 2.83. The van der Waals surface area contributed by atoms with Crippen LogP contribution in [0.3, 0.4) is 0 Å². The zero-order valence-corrected chi connectivity index (χ0v) is 10.4. The van der Waals surface area contributed by atoms with Gasteiger partial charge < -0.3 is 9.84 Å². The maximum Gasteiger partial charge on any atom is 0.235 e. The van der Waals surface area contributed by atoms with Gasteiger partial charge >= 0.3 is 0 Å². The fourth-order valence-electron chi connectivity index (χ4n) is 2.69. The topological polar surface area (TPSA) is 58.9 Å². The first kappa shape index (κ1) is 13.5. The Balaban J connectivity index is 2.75. The van der Waals surface area contributed by atoms with Crippen molar-refractivity contribution in [2.45, 2.75) is 31.2 Å². The number of phenols is 1. The van der Waals surface area contributed by atoms with Crippen LogP contribution in [0.15, 0.2) is 11.1 Å². The van der Waals surface area contributed by atoms with Gasteiger partial charge in [0.1, 0.15) is 5.54 Å². The molecule has 1 aliphatic carbocycles. The molecular formula is C13H13F2NO3. The van der Waals surface area contributed by atoms with Crippen LogP contribution in [0.4, 0.5) is 8.78 Å². The summed E-state index contributed by atoms with van der Waals surface area (Å²) in [5.41, 5.74) is -1.26. The summed E-state index contributed by atoms with van der Waals surface area (Å²) in [6, 6.07) is 0.547. The van der Waals surface area contributed by atoms with Crippen LogP contribution in [-0.4, -0.2) is 18.3 Å². The van der Waals surface area contributed by atoms with Crippen molar-refractivity contribution < 1.29 is 23.4 Å². The van der Waals surface area contributed by atoms with Gasteiger partial charge in [0, 0.05) is 6.07 Å². The highest BCUT2D eigenvalue weighted by atomic mass is 19.1. The molecule has 19 heavy (non-hydrogen) atoms. The van der Waals surface area contributed by atoms with E-state index in [1.54, 1.807) is 0 Å². The second-order valence-corrected chi connectivity index (χ2v) is 4.54. The zero-order valence-electron chi connectivity index (χ0n) is 10.4. The van der Waals surface area contributed by atoms with E-state index < -0.39 is 22.9 Å². The largest absolute Gasteiger partial charge is 0.504 e. The van der Waals surface area contributed by atoms with Crippen molar-refractivity contribution in [3.05, 3.63) is 23.3 Å². The molecule has 0 aliphatic heterocycles. The lowest BCUT2D eigenvalue weighted by Gasteiger charge is -2.26. The lowest BCUT2D eigenvalue weighted by molar-refractivity contribution is 0.330. The molecule has 6 heteroatoms. The second-order valence-electron chi connectivity index (χ2n) is 4.54. The average molecular weight is 269 g/mol. The van der Waals surface area contributed by atoms with Crippen LogP contribution in [0.25, 0.3) is 0 Å². The number of ether oxygens (including phenoxy) is 1. The van der Waals surface area contributed by atoms with Crippen LogP contribution in [0, 0.1) is 11.6 Å². The van der Waals surface area contributed by atoms with Gasteiger partial charge in [-0.05, 0) is 12.8 Å². The number of hydrogen-bond donors (Lipinski definition) is 1. The van der Waals surface area contributed by atoms with Gasteiger partial charge in [0.05, 0.1) is 12.7 Å². The predicted molar refractivity (Wildman–Crippen MR) is 62.8 cm³/mol. The number of carbonyl (C=O) groups excluding carboxylic acids is 1. The highest BCUT2D eigenvalue weighted by molar-refractivity contribution is 5.53. The quantitative estimate of drug-likeness (QED) is 0.678. The van der Waals surface area contributed by atoms with Crippen molar-refractivity contribution in [2.24, 2.45) is 4.99 Å². The van der Waals surface area contributed by atoms with Crippen LogP contribution < -0.4 is 4.74 Å². The molecule has 0 spiro atoms. The minimum Gasteiger partial charge on any atom is -0.504 e. The van der Waals surface area contributed by atoms with Crippen LogP contribution in [0.2, 0.25) is 0 Å². The van der Waals surface area contributed by atoms with E-state index >= 15 is 0 Å². The number of rotatable bonds is 3. The summed E-state index contributed by atoms with van der Waals surface area (Å²) in [5, 5.41) is 9.87. The van der Waals surface area contributed by atoms with Crippen molar-refractivity contribution in [1.82, 2.24) is 0 Å². The van der Waals surface area contributed by atoms with Crippen molar-refractivity contribution in [3.63, 3.8) is 0 Å². The van der Waals surface area contributed by atoms with E-state index in [0.717, 1.165) is 12.8 Å². The van der Waals surface area contributed by atoms with Crippen molar-refractivity contribution in [2.75, 3.05) is 7.11 Å². The number of aliphatic imine (C=N–C) groups is 1. The fraction of sp³-hybridized carbons (Fsp3) is 0.462. The monoisotopic (exact) mass is 269 g/mol. The van der Waals surface area contributed by atoms with E-state index in [1.807, 2.05) is 0 Å². The molecule has 1 N–H and O–H groups in total. The number of hydrogen-bond acceptors (Lipinski definition) is 4. The van der Waals surface area contributed by atoms with Crippen LogP contribution in [-0.2, 0) is 10.3 Å². The molecule has 0 amide bonds. The molecule has 0 radical (unpaired) electrons. The smallest absolute Gasteiger partial charge is 0.235 e. The SMILES string of the molecule is COc1c(F)cc(F)c(O)c1C1(N=C=O)CCCC1. The Morgan fingerprint density at radius 1 is 1.37 bits per heavy atom. The lowest BCUT2D eigenvalue weighted by Crippen LogP contribution is -2.21. The molecule has 2 rings (SSSR count). The van der Waals surface area contributed by atoms with Gasteiger partial charge in [-0.25, -0.2) is 13.6 Å². The molecule has 1 saturated carbocycles. The number of isocyanates is 1. The summed E-state index contributed by atoms with van der Waals surface area (Å²) in [5.74, 6) is -3.03. The minimum atomic E-state index is -1.15. The van der Waals surface area contributed by atoms with E-state index in [4.69, 9.17) is 4.74 Å². The van der Waals surface area contributed by atoms with Gasteiger partial charge in [0.25, 0.3) is 0 Å². The predicted octanol–water partition coefficient (Wildman–Crippen LogP) is 2.78. The van der Waals surface area contributed by atoms with Crippen LogP contribution in [0.5, 0.6) is 11.5 Å². The number of halogens is 2. The molecule has 102 valence electrons. The summed E-state index contributed by atoms with van der Waals surface area (Å²) >= 11 is 0. The molecule has 0 aromatic heterocycles. The third-order valence-corrected chi connectivity index (χ3v) is 3.52. The van der Waals surface area contributed by atoms with E-state index in [0.29, 0.717) is 18.9 Å². The second kappa shape index (κ2) is 4.97. The molecule has 0 heterocycles. The maximum absolute atomic E-state index is 13.7. The molecule has 0 bridgehead atoms. The highest BCUT2D eigenvalue weighted by Gasteiger charge is 2.42. The molecule has 1 aromatic rings. The first-order valence-electron chi connectivity index (χ1n) is 5.90. The molecule has 4 nitrogen and oxygen atoms in total. The molecule has 1 fully saturated rings. The molecule has 0 unspecified atom stereocenters. The van der Waals surface area contributed by atoms with E-state index in [2.05, 4.69) is 4.99 Å². The standard InChI is InChI=1S/C13H13F2NO3/c1-19-12-9(15)6-8(14)11(18)10(12)13(16-7-17)4-2-3-5-13/h6,18H,2-5H2,1H3. The summed E-state index contributed by atoms with van der Waals surface area (Å²) in [4.78, 5) is 14.3. The van der Waals surface area contributed by atoms with E-state index in [1.165, 1.54) is 13.2 Å². The third-order valence-electron chi connectivity index (χ3n) is 3.52. The Bertz CT molecular complexity index is 547. The summed E-state index contributed by atoms with van der Waals surface area (Å²) in [6.07, 6.45) is 3.74. The first-order valence-corrected chi connectivity index (χ1v) is 5.90. The Morgan fingerprint density at radius 3 is 2.53 bits per heavy atom. The number of methoxy groups -OCH3 is 1. The number of phenolic OH excluding ortho intramolecular Hbond substituents is 1. The number of aromatic hydroxyl groups is 1. The van der Waals surface area contributed by atoms with Crippen LogP contribution in [0.1, 0.15) is 31.2 Å². The number of nitrogens with zero attached hydrogens (tertiary/aromatic N) is 1. The molecule has 1 aliphatic rings. The Labute approximate surface area is 108 Å². The Kier molecular flexibility index (Phi) is 3.53. The molecular weight excluding hydrogens is 256 g/mol. The first-order chi connectivity index (χ1) is 9.05. The zero-order chi connectivity index (χ0) is 14.0. The van der Waals surface area contributed by atoms with Crippen molar-refractivity contribution in [1.29, 1.82) is 0 Å². The maximum atomic E-state index is 13.7. The van der Waals surface area contributed by atoms with Crippen LogP contribution >= 0.6 is 0 Å². The Morgan fingerprint density at radius 2 is 2.00 bits per heavy atom. The Hall–Kier alpha value is -1.94. The normalized spacial score (nSPS) is 17.0. The fourth-order valence-corrected chi connectivity index (χ4v) is 2.69. The van der Waals surface area contributed by atoms with E-state index in [9.17, 15) is 18.7 Å².